The molecule has 0 bridgehead atoms. The lowest BCUT2D eigenvalue weighted by Crippen LogP contribution is -2.46. The average molecular weight is 368 g/mol. The van der Waals surface area contributed by atoms with Crippen LogP contribution in [0.1, 0.15) is 29.6 Å². The van der Waals surface area contributed by atoms with E-state index in [1.807, 2.05) is 35.2 Å². The zero-order valence-corrected chi connectivity index (χ0v) is 15.1. The predicted octanol–water partition coefficient (Wildman–Crippen LogP) is 2.58. The van der Waals surface area contributed by atoms with Gasteiger partial charge < -0.3 is 20.1 Å². The molecule has 27 heavy (non-hydrogen) atoms. The molecule has 2 aromatic carbocycles. The molecule has 6 heteroatoms. The number of rotatable bonds is 6. The van der Waals surface area contributed by atoms with Gasteiger partial charge in [-0.25, -0.2) is 0 Å². The van der Waals surface area contributed by atoms with Crippen molar-refractivity contribution in [1.29, 1.82) is 0 Å². The zero-order chi connectivity index (χ0) is 19.1. The lowest BCUT2D eigenvalue weighted by atomic mass is 10.0. The highest BCUT2D eigenvalue weighted by atomic mass is 16.5. The van der Waals surface area contributed by atoms with Crippen LogP contribution >= 0.6 is 0 Å². The third-order valence-electron chi connectivity index (χ3n) is 4.66. The molecule has 2 aromatic rings. The number of hydrogen-bond acceptors (Lipinski definition) is 4. The van der Waals surface area contributed by atoms with Crippen LogP contribution in [0.4, 0.5) is 0 Å². The van der Waals surface area contributed by atoms with E-state index in [4.69, 9.17) is 4.74 Å². The first kappa shape index (κ1) is 18.8. The molecule has 0 atom stereocenters. The van der Waals surface area contributed by atoms with Crippen LogP contribution in [0, 0.1) is 0 Å². The van der Waals surface area contributed by atoms with Gasteiger partial charge in [-0.2, -0.15) is 0 Å². The van der Waals surface area contributed by atoms with E-state index in [-0.39, 0.29) is 29.2 Å². The maximum absolute atomic E-state index is 12.3. The minimum absolute atomic E-state index is 0.00160. The number of ether oxygens (including phenoxy) is 1. The second-order valence-corrected chi connectivity index (χ2v) is 6.56. The van der Waals surface area contributed by atoms with Gasteiger partial charge in [-0.05, 0) is 37.1 Å². The van der Waals surface area contributed by atoms with Crippen LogP contribution < -0.4 is 10.1 Å². The summed E-state index contributed by atoms with van der Waals surface area (Å²) in [5.41, 5.74) is 0.272. The SMILES string of the molecule is O=C(NC1CCN(C(=O)CCOc2ccccc2)CC1)c1ccccc1O. The number of nitrogens with zero attached hydrogens (tertiary/aromatic N) is 1. The summed E-state index contributed by atoms with van der Waals surface area (Å²) in [7, 11) is 0. The van der Waals surface area contributed by atoms with Crippen molar-refractivity contribution in [2.75, 3.05) is 19.7 Å². The highest BCUT2D eigenvalue weighted by Crippen LogP contribution is 2.17. The number of carbonyl (C=O) groups excluding carboxylic acids is 2. The summed E-state index contributed by atoms with van der Waals surface area (Å²) in [5, 5.41) is 12.7. The molecule has 3 rings (SSSR count). The van der Waals surface area contributed by atoms with Crippen molar-refractivity contribution >= 4 is 11.8 Å². The van der Waals surface area contributed by atoms with E-state index in [9.17, 15) is 14.7 Å². The monoisotopic (exact) mass is 368 g/mol. The van der Waals surface area contributed by atoms with Gasteiger partial charge in [-0.1, -0.05) is 30.3 Å². The first-order valence-corrected chi connectivity index (χ1v) is 9.18. The lowest BCUT2D eigenvalue weighted by molar-refractivity contribution is -0.132. The normalized spacial score (nSPS) is 14.6. The molecule has 0 radical (unpaired) electrons. The molecular weight excluding hydrogens is 344 g/mol. The van der Waals surface area contributed by atoms with Gasteiger partial charge in [0.15, 0.2) is 0 Å². The molecule has 1 fully saturated rings. The molecule has 0 saturated carbocycles. The summed E-state index contributed by atoms with van der Waals surface area (Å²) in [5.74, 6) is 0.516. The average Bonchev–Trinajstić information content (AvgIpc) is 2.69. The highest BCUT2D eigenvalue weighted by molar-refractivity contribution is 5.96. The molecule has 0 spiro atoms. The highest BCUT2D eigenvalue weighted by Gasteiger charge is 2.24. The fourth-order valence-electron chi connectivity index (χ4n) is 3.13. The van der Waals surface area contributed by atoms with Crippen LogP contribution in [0.5, 0.6) is 11.5 Å². The van der Waals surface area contributed by atoms with Crippen LogP contribution in [0.25, 0.3) is 0 Å². The van der Waals surface area contributed by atoms with Gasteiger partial charge in [0.1, 0.15) is 11.5 Å². The first-order valence-electron chi connectivity index (χ1n) is 9.18. The van der Waals surface area contributed by atoms with Crippen LogP contribution in [-0.4, -0.2) is 47.6 Å². The first-order chi connectivity index (χ1) is 13.1. The van der Waals surface area contributed by atoms with E-state index in [2.05, 4.69) is 5.32 Å². The van der Waals surface area contributed by atoms with Gasteiger partial charge in [0.25, 0.3) is 5.91 Å². The summed E-state index contributed by atoms with van der Waals surface area (Å²) in [6, 6.07) is 15.9. The molecule has 142 valence electrons. The molecule has 2 N–H and O–H groups in total. The van der Waals surface area contributed by atoms with Crippen molar-refractivity contribution in [3.63, 3.8) is 0 Å². The third-order valence-corrected chi connectivity index (χ3v) is 4.66. The second-order valence-electron chi connectivity index (χ2n) is 6.56. The quantitative estimate of drug-likeness (QED) is 0.821. The molecule has 6 nitrogen and oxygen atoms in total. The van der Waals surface area contributed by atoms with Crippen LogP contribution in [0.2, 0.25) is 0 Å². The van der Waals surface area contributed by atoms with E-state index in [0.717, 1.165) is 5.75 Å². The third kappa shape index (κ3) is 5.23. The predicted molar refractivity (Wildman–Crippen MR) is 102 cm³/mol. The number of piperidine rings is 1. The van der Waals surface area contributed by atoms with Gasteiger partial charge in [0.05, 0.1) is 18.6 Å². The largest absolute Gasteiger partial charge is 0.507 e. The Morgan fingerprint density at radius 2 is 1.70 bits per heavy atom. The number of amides is 2. The van der Waals surface area contributed by atoms with Crippen molar-refractivity contribution in [2.45, 2.75) is 25.3 Å². The summed E-state index contributed by atoms with van der Waals surface area (Å²) in [6.45, 7) is 1.57. The van der Waals surface area contributed by atoms with E-state index >= 15 is 0 Å². The fraction of sp³-hybridized carbons (Fsp3) is 0.333. The summed E-state index contributed by atoms with van der Waals surface area (Å²) in [4.78, 5) is 26.4. The fourth-order valence-corrected chi connectivity index (χ4v) is 3.13. The van der Waals surface area contributed by atoms with Crippen LogP contribution in [0.15, 0.2) is 54.6 Å². The van der Waals surface area contributed by atoms with Crippen molar-refractivity contribution in [1.82, 2.24) is 10.2 Å². The number of benzene rings is 2. The Hall–Kier alpha value is -3.02. The van der Waals surface area contributed by atoms with Crippen molar-refractivity contribution < 1.29 is 19.4 Å². The number of phenolic OH excluding ortho intramolecular Hbond substituents is 1. The molecule has 0 unspecified atom stereocenters. The number of phenols is 1. The molecule has 2 amide bonds. The van der Waals surface area contributed by atoms with E-state index in [1.54, 1.807) is 18.2 Å². The standard InChI is InChI=1S/C21H24N2O4/c24-19-9-5-4-8-18(19)21(26)22-16-10-13-23(14-11-16)20(25)12-15-27-17-6-2-1-3-7-17/h1-9,16,24H,10-15H2,(H,22,26). The van der Waals surface area contributed by atoms with Gasteiger partial charge >= 0.3 is 0 Å². The number of aromatic hydroxyl groups is 1. The van der Waals surface area contributed by atoms with Gasteiger partial charge in [0.2, 0.25) is 5.91 Å². The number of carbonyl (C=O) groups is 2. The Morgan fingerprint density at radius 1 is 1.04 bits per heavy atom. The van der Waals surface area contributed by atoms with Gasteiger partial charge in [-0.3, -0.25) is 9.59 Å². The molecule has 0 aromatic heterocycles. The molecule has 1 aliphatic rings. The minimum atomic E-state index is -0.283. The van der Waals surface area contributed by atoms with E-state index in [1.165, 1.54) is 6.07 Å². The van der Waals surface area contributed by atoms with Crippen LogP contribution in [0.3, 0.4) is 0 Å². The zero-order valence-electron chi connectivity index (χ0n) is 15.1. The maximum Gasteiger partial charge on any atom is 0.255 e. The number of nitrogens with one attached hydrogen (secondary N) is 1. The van der Waals surface area contributed by atoms with Crippen molar-refractivity contribution in [3.8, 4) is 11.5 Å². The summed E-state index contributed by atoms with van der Waals surface area (Å²) in [6.07, 6.45) is 1.74. The topological polar surface area (TPSA) is 78.9 Å². The summed E-state index contributed by atoms with van der Waals surface area (Å²) >= 11 is 0. The van der Waals surface area contributed by atoms with Gasteiger partial charge in [-0.15, -0.1) is 0 Å². The molecule has 1 saturated heterocycles. The number of likely N-dealkylation sites (tertiary alicyclic amines) is 1. The Labute approximate surface area is 158 Å². The van der Waals surface area contributed by atoms with Gasteiger partial charge in [0, 0.05) is 19.1 Å². The minimum Gasteiger partial charge on any atom is -0.507 e. The lowest BCUT2D eigenvalue weighted by Gasteiger charge is -2.32. The number of hydrogen-bond donors (Lipinski definition) is 2. The van der Waals surface area contributed by atoms with E-state index < -0.39 is 0 Å². The van der Waals surface area contributed by atoms with Crippen molar-refractivity contribution in [2.24, 2.45) is 0 Å². The second kappa shape index (κ2) is 9.07. The smallest absolute Gasteiger partial charge is 0.255 e. The summed E-state index contributed by atoms with van der Waals surface area (Å²) < 4.78 is 5.57. The Kier molecular flexibility index (Phi) is 6.30. The Balaban J connectivity index is 1.40. The molecular formula is C21H24N2O4. The maximum atomic E-state index is 12.3. The molecule has 1 aliphatic heterocycles. The Bertz CT molecular complexity index is 771. The molecule has 0 aliphatic carbocycles. The van der Waals surface area contributed by atoms with Crippen LogP contribution in [-0.2, 0) is 4.79 Å². The number of para-hydroxylation sites is 2. The van der Waals surface area contributed by atoms with E-state index in [0.29, 0.717) is 39.0 Å². The van der Waals surface area contributed by atoms with Crippen molar-refractivity contribution in [3.05, 3.63) is 60.2 Å². The molecule has 1 heterocycles. The Morgan fingerprint density at radius 3 is 2.41 bits per heavy atom.